The number of para-hydroxylation sites is 2. The fourth-order valence-electron chi connectivity index (χ4n) is 4.00. The fraction of sp³-hybridized carbons (Fsp3) is 0.238. The molecule has 1 atom stereocenters. The lowest BCUT2D eigenvalue weighted by Crippen LogP contribution is -2.36. The van der Waals surface area contributed by atoms with E-state index in [4.69, 9.17) is 9.72 Å². The second-order valence-corrected chi connectivity index (χ2v) is 7.02. The van der Waals surface area contributed by atoms with Crippen LogP contribution in [0.4, 0.5) is 0 Å². The van der Waals surface area contributed by atoms with Crippen LogP contribution in [0.3, 0.4) is 0 Å². The Balaban J connectivity index is 1.54. The predicted molar refractivity (Wildman–Crippen MR) is 105 cm³/mol. The first kappa shape index (κ1) is 16.8. The quantitative estimate of drug-likeness (QED) is 0.510. The Morgan fingerprint density at radius 2 is 2.14 bits per heavy atom. The molecular weight excluding hydrogens is 354 g/mol. The molecule has 1 unspecified atom stereocenters. The van der Waals surface area contributed by atoms with Gasteiger partial charge in [-0.3, -0.25) is 4.90 Å². The number of ether oxygens (including phenoxy) is 1. The van der Waals surface area contributed by atoms with Gasteiger partial charge in [0.25, 0.3) is 0 Å². The highest BCUT2D eigenvalue weighted by Crippen LogP contribution is 2.37. The van der Waals surface area contributed by atoms with Crippen molar-refractivity contribution < 1.29 is 9.84 Å². The molecule has 0 amide bonds. The minimum absolute atomic E-state index is 0.0438. The molecule has 0 saturated heterocycles. The van der Waals surface area contributed by atoms with E-state index < -0.39 is 0 Å². The molecule has 1 aliphatic rings. The largest absolute Gasteiger partial charge is 0.504 e. The lowest BCUT2D eigenvalue weighted by atomic mass is 9.95. The first-order valence-electron chi connectivity index (χ1n) is 9.29. The molecule has 3 heterocycles. The van der Waals surface area contributed by atoms with Gasteiger partial charge in [0.15, 0.2) is 11.5 Å². The van der Waals surface area contributed by atoms with Gasteiger partial charge in [-0.25, -0.2) is 9.97 Å². The molecule has 142 valence electrons. The number of imidazole rings is 2. The van der Waals surface area contributed by atoms with Crippen molar-refractivity contribution in [3.63, 3.8) is 0 Å². The van der Waals surface area contributed by atoms with Crippen LogP contribution in [0.1, 0.15) is 28.8 Å². The summed E-state index contributed by atoms with van der Waals surface area (Å²) in [7, 11) is 1.56. The zero-order valence-electron chi connectivity index (χ0n) is 15.5. The summed E-state index contributed by atoms with van der Waals surface area (Å²) < 4.78 is 5.32. The van der Waals surface area contributed by atoms with Gasteiger partial charge in [0.2, 0.25) is 0 Å². The van der Waals surface area contributed by atoms with E-state index >= 15 is 0 Å². The molecule has 2 aromatic carbocycles. The number of aromatic amines is 2. The number of aromatic hydroxyl groups is 1. The summed E-state index contributed by atoms with van der Waals surface area (Å²) in [5.41, 5.74) is 5.20. The molecular formula is C21H21N5O2. The van der Waals surface area contributed by atoms with Crippen LogP contribution in [-0.4, -0.2) is 43.6 Å². The molecule has 0 radical (unpaired) electrons. The van der Waals surface area contributed by atoms with Crippen LogP contribution < -0.4 is 4.74 Å². The number of methoxy groups -OCH3 is 1. The minimum Gasteiger partial charge on any atom is -0.504 e. The smallest absolute Gasteiger partial charge is 0.160 e. The molecule has 0 spiro atoms. The Morgan fingerprint density at radius 1 is 1.25 bits per heavy atom. The monoisotopic (exact) mass is 375 g/mol. The number of hydrogen-bond donors (Lipinski definition) is 3. The van der Waals surface area contributed by atoms with E-state index in [0.717, 1.165) is 46.8 Å². The number of rotatable bonds is 4. The van der Waals surface area contributed by atoms with E-state index in [0.29, 0.717) is 12.3 Å². The van der Waals surface area contributed by atoms with Gasteiger partial charge in [-0.05, 0) is 29.8 Å². The Labute approximate surface area is 162 Å². The molecule has 2 aromatic heterocycles. The van der Waals surface area contributed by atoms with E-state index in [9.17, 15) is 5.11 Å². The predicted octanol–water partition coefficient (Wildman–Crippen LogP) is 3.15. The molecule has 3 N–H and O–H groups in total. The molecule has 7 heteroatoms. The summed E-state index contributed by atoms with van der Waals surface area (Å²) in [4.78, 5) is 18.4. The second kappa shape index (κ2) is 6.69. The third kappa shape index (κ3) is 2.80. The van der Waals surface area contributed by atoms with Gasteiger partial charge in [0.05, 0.1) is 42.8 Å². The number of nitrogens with one attached hydrogen (secondary N) is 2. The number of benzene rings is 2. The highest BCUT2D eigenvalue weighted by Gasteiger charge is 2.32. The van der Waals surface area contributed by atoms with E-state index in [-0.39, 0.29) is 11.8 Å². The van der Waals surface area contributed by atoms with Crippen LogP contribution >= 0.6 is 0 Å². The van der Waals surface area contributed by atoms with Crippen molar-refractivity contribution >= 4 is 11.0 Å². The van der Waals surface area contributed by atoms with Crippen molar-refractivity contribution in [2.45, 2.75) is 19.0 Å². The van der Waals surface area contributed by atoms with Crippen molar-refractivity contribution in [2.75, 3.05) is 13.7 Å². The van der Waals surface area contributed by atoms with Gasteiger partial charge in [0, 0.05) is 18.7 Å². The number of nitrogens with zero attached hydrogens (tertiary/aromatic N) is 3. The molecule has 7 nitrogen and oxygen atoms in total. The minimum atomic E-state index is -0.0438. The third-order valence-electron chi connectivity index (χ3n) is 5.34. The number of H-pyrrole nitrogens is 2. The highest BCUT2D eigenvalue weighted by molar-refractivity contribution is 5.74. The van der Waals surface area contributed by atoms with Crippen LogP contribution in [0.2, 0.25) is 0 Å². The Bertz CT molecular complexity index is 1100. The number of aromatic nitrogens is 4. The Kier molecular flexibility index (Phi) is 4.02. The van der Waals surface area contributed by atoms with E-state index in [1.807, 2.05) is 36.4 Å². The summed E-state index contributed by atoms with van der Waals surface area (Å²) in [5, 5.41) is 9.99. The van der Waals surface area contributed by atoms with Gasteiger partial charge in [0.1, 0.15) is 5.82 Å². The van der Waals surface area contributed by atoms with E-state index in [1.165, 1.54) is 0 Å². The highest BCUT2D eigenvalue weighted by atomic mass is 16.5. The first-order chi connectivity index (χ1) is 13.7. The van der Waals surface area contributed by atoms with Crippen molar-refractivity contribution in [1.82, 2.24) is 24.8 Å². The van der Waals surface area contributed by atoms with Crippen molar-refractivity contribution in [2.24, 2.45) is 0 Å². The number of phenols is 1. The van der Waals surface area contributed by atoms with Gasteiger partial charge in [-0.2, -0.15) is 0 Å². The van der Waals surface area contributed by atoms with Crippen LogP contribution in [0.15, 0.2) is 48.8 Å². The molecule has 0 fully saturated rings. The molecule has 28 heavy (non-hydrogen) atoms. The zero-order valence-corrected chi connectivity index (χ0v) is 15.5. The number of phenolic OH excluding ortho intramolecular Hbond substituents is 1. The lowest BCUT2D eigenvalue weighted by Gasteiger charge is -2.34. The standard InChI is InChI=1S/C21H21N5O2/c1-28-18-10-13(6-7-17(18)27)21-20-16(22-12-23-20)8-9-26(21)11-19-24-14-4-2-3-5-15(14)25-19/h2-7,10,12,21,27H,8-9,11H2,1H3,(H,22,23)(H,24,25). The Hall–Kier alpha value is -3.32. The number of fused-ring (bicyclic) bond motifs is 2. The Morgan fingerprint density at radius 3 is 3.00 bits per heavy atom. The van der Waals surface area contributed by atoms with Gasteiger partial charge in [-0.1, -0.05) is 18.2 Å². The summed E-state index contributed by atoms with van der Waals surface area (Å²) in [6.07, 6.45) is 2.65. The molecule has 0 bridgehead atoms. The van der Waals surface area contributed by atoms with E-state index in [2.05, 4.69) is 19.9 Å². The molecule has 4 aromatic rings. The second-order valence-electron chi connectivity index (χ2n) is 7.02. The maximum Gasteiger partial charge on any atom is 0.160 e. The fourth-order valence-corrected chi connectivity index (χ4v) is 4.00. The number of hydrogen-bond acceptors (Lipinski definition) is 5. The lowest BCUT2D eigenvalue weighted by molar-refractivity contribution is 0.195. The summed E-state index contributed by atoms with van der Waals surface area (Å²) >= 11 is 0. The van der Waals surface area contributed by atoms with Crippen molar-refractivity contribution in [1.29, 1.82) is 0 Å². The molecule has 0 saturated carbocycles. The topological polar surface area (TPSA) is 90.1 Å². The van der Waals surface area contributed by atoms with Gasteiger partial charge >= 0.3 is 0 Å². The van der Waals surface area contributed by atoms with Gasteiger partial charge < -0.3 is 19.8 Å². The normalized spacial score (nSPS) is 17.0. The SMILES string of the molecule is COc1cc(C2c3nc[nH]c3CCN2Cc2nc3ccccc3[nH]2)ccc1O. The van der Waals surface area contributed by atoms with Crippen LogP contribution in [0, 0.1) is 0 Å². The van der Waals surface area contributed by atoms with Gasteiger partial charge in [-0.15, -0.1) is 0 Å². The third-order valence-corrected chi connectivity index (χ3v) is 5.34. The summed E-state index contributed by atoms with van der Waals surface area (Å²) in [6, 6.07) is 13.5. The summed E-state index contributed by atoms with van der Waals surface area (Å²) in [5.74, 6) is 1.52. The van der Waals surface area contributed by atoms with Crippen LogP contribution in [0.5, 0.6) is 11.5 Å². The average Bonchev–Trinajstić information content (AvgIpc) is 3.34. The zero-order chi connectivity index (χ0) is 19.1. The van der Waals surface area contributed by atoms with Crippen LogP contribution in [-0.2, 0) is 13.0 Å². The van der Waals surface area contributed by atoms with Crippen molar-refractivity contribution in [3.8, 4) is 11.5 Å². The maximum absolute atomic E-state index is 9.99. The summed E-state index contributed by atoms with van der Waals surface area (Å²) in [6.45, 7) is 1.55. The van der Waals surface area contributed by atoms with Crippen LogP contribution in [0.25, 0.3) is 11.0 Å². The average molecular weight is 375 g/mol. The van der Waals surface area contributed by atoms with E-state index in [1.54, 1.807) is 19.5 Å². The maximum atomic E-state index is 9.99. The molecule has 5 rings (SSSR count). The molecule has 0 aliphatic carbocycles. The molecule has 1 aliphatic heterocycles. The van der Waals surface area contributed by atoms with Crippen molar-refractivity contribution in [3.05, 3.63) is 71.6 Å². The first-order valence-corrected chi connectivity index (χ1v) is 9.29.